The fourth-order valence-electron chi connectivity index (χ4n) is 3.75. The van der Waals surface area contributed by atoms with E-state index in [0.29, 0.717) is 5.75 Å². The smallest absolute Gasteiger partial charge is 0.122 e. The predicted octanol–water partition coefficient (Wildman–Crippen LogP) is 7.23. The largest absolute Gasteiger partial charge is 0.507 e. The Balaban J connectivity index is 2.65. The van der Waals surface area contributed by atoms with Crippen LogP contribution < -0.4 is 0 Å². The highest BCUT2D eigenvalue weighted by Gasteiger charge is 2.22. The summed E-state index contributed by atoms with van der Waals surface area (Å²) < 4.78 is 0. The van der Waals surface area contributed by atoms with Crippen LogP contribution in [0.1, 0.15) is 87.4 Å². The van der Waals surface area contributed by atoms with Crippen LogP contribution in [0.15, 0.2) is 30.3 Å². The van der Waals surface area contributed by atoms with Crippen molar-refractivity contribution in [2.24, 2.45) is 0 Å². The lowest BCUT2D eigenvalue weighted by atomic mass is 9.79. The molecule has 2 rings (SSSR count). The number of aryl methyl sites for hydroxylation is 2. The third-order valence-electron chi connectivity index (χ3n) is 5.11. The highest BCUT2D eigenvalue weighted by molar-refractivity contribution is 5.62. The van der Waals surface area contributed by atoms with Crippen molar-refractivity contribution < 1.29 is 5.11 Å². The Labute approximate surface area is 166 Å². The van der Waals surface area contributed by atoms with E-state index >= 15 is 0 Å². The standard InChI is InChI=1S/C26H36O/c1-10-11-21-20(12-17(2)13-22(21)25(4,5)6)15-19-14-18(3)24(27)23(16-19)26(7,8)9/h10-14,16,27H,15H2,1-9H3. The average Bonchev–Trinajstić information content (AvgIpc) is 2.51. The zero-order valence-electron chi connectivity index (χ0n) is 18.6. The summed E-state index contributed by atoms with van der Waals surface area (Å²) in [6, 6.07) is 8.94. The Hall–Kier alpha value is -2.02. The van der Waals surface area contributed by atoms with Crippen molar-refractivity contribution in [2.45, 2.75) is 79.6 Å². The molecule has 0 aliphatic heterocycles. The molecule has 2 aromatic rings. The molecule has 2 aromatic carbocycles. The van der Waals surface area contributed by atoms with Crippen LogP contribution in [-0.4, -0.2) is 5.11 Å². The van der Waals surface area contributed by atoms with Gasteiger partial charge in [0.05, 0.1) is 0 Å². The van der Waals surface area contributed by atoms with Crippen LogP contribution in [0.25, 0.3) is 6.08 Å². The van der Waals surface area contributed by atoms with Gasteiger partial charge in [0.2, 0.25) is 0 Å². The first kappa shape index (κ1) is 21.3. The number of hydrogen-bond acceptors (Lipinski definition) is 1. The second kappa shape index (κ2) is 7.54. The second-order valence-corrected chi connectivity index (χ2v) is 9.87. The van der Waals surface area contributed by atoms with E-state index in [0.717, 1.165) is 17.5 Å². The van der Waals surface area contributed by atoms with Gasteiger partial charge in [-0.1, -0.05) is 83.5 Å². The molecule has 0 aliphatic rings. The number of allylic oxidation sites excluding steroid dienone is 1. The highest BCUT2D eigenvalue weighted by Crippen LogP contribution is 2.36. The predicted molar refractivity (Wildman–Crippen MR) is 119 cm³/mol. The van der Waals surface area contributed by atoms with Gasteiger partial charge >= 0.3 is 0 Å². The van der Waals surface area contributed by atoms with Gasteiger partial charge in [-0.3, -0.25) is 0 Å². The summed E-state index contributed by atoms with van der Waals surface area (Å²) in [5.74, 6) is 0.430. The Kier molecular flexibility index (Phi) is 5.94. The normalized spacial score (nSPS) is 12.8. The Morgan fingerprint density at radius 3 is 1.96 bits per heavy atom. The fraction of sp³-hybridized carbons (Fsp3) is 0.462. The van der Waals surface area contributed by atoms with Crippen LogP contribution in [0.4, 0.5) is 0 Å². The van der Waals surface area contributed by atoms with Crippen LogP contribution >= 0.6 is 0 Å². The molecule has 0 aromatic heterocycles. The molecule has 27 heavy (non-hydrogen) atoms. The van der Waals surface area contributed by atoms with Crippen molar-refractivity contribution in [1.29, 1.82) is 0 Å². The molecule has 1 N–H and O–H groups in total. The summed E-state index contributed by atoms with van der Waals surface area (Å²) in [7, 11) is 0. The van der Waals surface area contributed by atoms with Crippen molar-refractivity contribution >= 4 is 6.08 Å². The average molecular weight is 365 g/mol. The molecule has 0 fully saturated rings. The molecule has 0 amide bonds. The summed E-state index contributed by atoms with van der Waals surface area (Å²) in [6.45, 7) is 19.6. The molecular weight excluding hydrogens is 328 g/mol. The van der Waals surface area contributed by atoms with Crippen molar-refractivity contribution in [3.63, 3.8) is 0 Å². The SMILES string of the molecule is CC=Cc1c(Cc2cc(C)c(O)c(C(C)(C)C)c2)cc(C)cc1C(C)(C)C. The monoisotopic (exact) mass is 364 g/mol. The molecule has 0 atom stereocenters. The van der Waals surface area contributed by atoms with Crippen molar-refractivity contribution in [3.05, 3.63) is 69.3 Å². The minimum absolute atomic E-state index is 0.0832. The summed E-state index contributed by atoms with van der Waals surface area (Å²) in [4.78, 5) is 0. The van der Waals surface area contributed by atoms with Gasteiger partial charge in [-0.25, -0.2) is 0 Å². The number of phenols is 1. The van der Waals surface area contributed by atoms with Crippen LogP contribution in [0, 0.1) is 13.8 Å². The van der Waals surface area contributed by atoms with Crippen LogP contribution in [-0.2, 0) is 17.3 Å². The van der Waals surface area contributed by atoms with E-state index in [9.17, 15) is 5.11 Å². The van der Waals surface area contributed by atoms with Gasteiger partial charge in [0.15, 0.2) is 0 Å². The topological polar surface area (TPSA) is 20.2 Å². The number of benzene rings is 2. The van der Waals surface area contributed by atoms with E-state index in [1.165, 1.54) is 27.8 Å². The highest BCUT2D eigenvalue weighted by atomic mass is 16.3. The third kappa shape index (κ3) is 4.83. The van der Waals surface area contributed by atoms with E-state index in [4.69, 9.17) is 0 Å². The minimum Gasteiger partial charge on any atom is -0.507 e. The lowest BCUT2D eigenvalue weighted by Crippen LogP contribution is -2.15. The fourth-order valence-corrected chi connectivity index (χ4v) is 3.75. The van der Waals surface area contributed by atoms with Crippen LogP contribution in [0.3, 0.4) is 0 Å². The van der Waals surface area contributed by atoms with E-state index in [2.05, 4.69) is 91.8 Å². The van der Waals surface area contributed by atoms with E-state index in [1.807, 2.05) is 6.92 Å². The number of rotatable bonds is 3. The quantitative estimate of drug-likeness (QED) is 0.609. The lowest BCUT2D eigenvalue weighted by molar-refractivity contribution is 0.442. The molecule has 0 spiro atoms. The van der Waals surface area contributed by atoms with Gasteiger partial charge in [-0.2, -0.15) is 0 Å². The zero-order chi connectivity index (χ0) is 20.6. The van der Waals surface area contributed by atoms with Crippen molar-refractivity contribution in [2.75, 3.05) is 0 Å². The number of phenolic OH excluding ortho intramolecular Hbond substituents is 1. The van der Waals surface area contributed by atoms with Gasteiger partial charge < -0.3 is 5.11 Å². The molecule has 1 nitrogen and oxygen atoms in total. The molecule has 0 saturated heterocycles. The van der Waals surface area contributed by atoms with Gasteiger partial charge in [0.1, 0.15) is 5.75 Å². The molecule has 0 saturated carbocycles. The van der Waals surface area contributed by atoms with Gasteiger partial charge in [-0.15, -0.1) is 0 Å². The van der Waals surface area contributed by atoms with Crippen LogP contribution in [0.5, 0.6) is 5.75 Å². The Morgan fingerprint density at radius 2 is 1.44 bits per heavy atom. The first-order chi connectivity index (χ1) is 12.3. The van der Waals surface area contributed by atoms with Crippen molar-refractivity contribution in [1.82, 2.24) is 0 Å². The lowest BCUT2D eigenvalue weighted by Gasteiger charge is -2.26. The number of hydrogen-bond donors (Lipinski definition) is 1. The summed E-state index contributed by atoms with van der Waals surface area (Å²) in [6.07, 6.45) is 5.24. The summed E-state index contributed by atoms with van der Waals surface area (Å²) in [5.41, 5.74) is 8.62. The molecule has 0 bridgehead atoms. The Morgan fingerprint density at radius 1 is 0.852 bits per heavy atom. The molecular formula is C26H36O. The first-order valence-corrected chi connectivity index (χ1v) is 9.94. The molecule has 0 heterocycles. The van der Waals surface area contributed by atoms with E-state index in [1.54, 1.807) is 0 Å². The second-order valence-electron chi connectivity index (χ2n) is 9.87. The molecule has 1 heteroatoms. The maximum atomic E-state index is 10.5. The minimum atomic E-state index is -0.0832. The molecule has 0 radical (unpaired) electrons. The maximum absolute atomic E-state index is 10.5. The van der Waals surface area contributed by atoms with Gasteiger partial charge in [0.25, 0.3) is 0 Å². The Bertz CT molecular complexity index is 855. The zero-order valence-corrected chi connectivity index (χ0v) is 18.6. The van der Waals surface area contributed by atoms with E-state index < -0.39 is 0 Å². The van der Waals surface area contributed by atoms with Crippen molar-refractivity contribution in [3.8, 4) is 5.75 Å². The van der Waals surface area contributed by atoms with Gasteiger partial charge in [-0.05, 0) is 71.4 Å². The summed E-state index contributed by atoms with van der Waals surface area (Å²) >= 11 is 0. The third-order valence-corrected chi connectivity index (χ3v) is 5.11. The molecule has 146 valence electrons. The maximum Gasteiger partial charge on any atom is 0.122 e. The first-order valence-electron chi connectivity index (χ1n) is 9.94. The van der Waals surface area contributed by atoms with Gasteiger partial charge in [0, 0.05) is 0 Å². The van der Waals surface area contributed by atoms with Crippen LogP contribution in [0.2, 0.25) is 0 Å². The number of aromatic hydroxyl groups is 1. The molecule has 0 aliphatic carbocycles. The van der Waals surface area contributed by atoms with E-state index in [-0.39, 0.29) is 10.8 Å². The molecule has 0 unspecified atom stereocenters. The summed E-state index contributed by atoms with van der Waals surface area (Å²) in [5, 5.41) is 10.5.